The second-order valence-electron chi connectivity index (χ2n) is 1.93. The van der Waals surface area contributed by atoms with Crippen LogP contribution in [0.15, 0.2) is 14.0 Å². The van der Waals surface area contributed by atoms with E-state index in [0.29, 0.717) is 0 Å². The number of hydrogen-bond donors (Lipinski definition) is 0. The van der Waals surface area contributed by atoms with Crippen LogP contribution in [0.2, 0.25) is 0 Å². The van der Waals surface area contributed by atoms with Crippen LogP contribution < -0.4 is 11.1 Å². The first kappa shape index (κ1) is 9.43. The first-order valence-electron chi connectivity index (χ1n) is 2.82. The van der Waals surface area contributed by atoms with E-state index < -0.39 is 34.5 Å². The minimum atomic E-state index is -2.31. The Balaban J connectivity index is 3.94. The van der Waals surface area contributed by atoms with E-state index in [1.165, 1.54) is 0 Å². The lowest BCUT2D eigenvalue weighted by atomic mass is 10.4. The minimum absolute atomic E-state index is 2.09. The quantitative estimate of drug-likeness (QED) is 0.569. The fourth-order valence-electron chi connectivity index (χ4n) is 0.546. The Labute approximate surface area is 67.2 Å². The average molecular weight is 196 g/mol. The minimum Gasteiger partial charge on any atom is -0.391 e. The lowest BCUT2D eigenvalue weighted by Gasteiger charge is -1.77. The molecule has 0 radical (unpaired) electrons. The van der Waals surface area contributed by atoms with Gasteiger partial charge < -0.3 is 4.42 Å². The third-order valence-electron chi connectivity index (χ3n) is 1.13. The van der Waals surface area contributed by atoms with Crippen LogP contribution in [0, 0.1) is 23.5 Å². The van der Waals surface area contributed by atoms with Crippen LogP contribution in [-0.2, 0) is 0 Å². The summed E-state index contributed by atoms with van der Waals surface area (Å²) in [6.45, 7) is 0. The predicted octanol–water partition coefficient (Wildman–Crippen LogP) is 0.556. The summed E-state index contributed by atoms with van der Waals surface area (Å²) < 4.78 is 52.3. The van der Waals surface area contributed by atoms with Crippen molar-refractivity contribution in [3.8, 4) is 0 Å². The Kier molecular flexibility index (Phi) is 2.18. The third-order valence-corrected chi connectivity index (χ3v) is 1.13. The highest BCUT2D eigenvalue weighted by atomic mass is 19.2. The topological polar surface area (TPSA) is 47.3 Å². The van der Waals surface area contributed by atoms with Crippen LogP contribution in [0.3, 0.4) is 0 Å². The van der Waals surface area contributed by atoms with Gasteiger partial charge in [0.2, 0.25) is 17.5 Å². The molecule has 1 heterocycles. The van der Waals surface area contributed by atoms with E-state index in [2.05, 4.69) is 4.42 Å². The second-order valence-corrected chi connectivity index (χ2v) is 1.93. The van der Waals surface area contributed by atoms with Crippen molar-refractivity contribution < 1.29 is 22.0 Å². The Morgan fingerprint density at radius 2 is 1.38 bits per heavy atom. The number of hydrogen-bond acceptors (Lipinski definition) is 3. The molecule has 0 atom stereocenters. The summed E-state index contributed by atoms with van der Waals surface area (Å²) in [5.74, 6) is -6.85. The van der Waals surface area contributed by atoms with Crippen LogP contribution in [-0.4, -0.2) is 0 Å². The van der Waals surface area contributed by atoms with Crippen molar-refractivity contribution in [1.82, 2.24) is 0 Å². The van der Waals surface area contributed by atoms with Crippen LogP contribution in [0.5, 0.6) is 0 Å². The van der Waals surface area contributed by atoms with Crippen molar-refractivity contribution in [2.75, 3.05) is 0 Å². The molecule has 0 fully saturated rings. The van der Waals surface area contributed by atoms with Gasteiger partial charge >= 0.3 is 11.6 Å². The van der Waals surface area contributed by atoms with E-state index in [4.69, 9.17) is 0 Å². The maximum atomic E-state index is 12.3. The lowest BCUT2D eigenvalue weighted by Crippen LogP contribution is -2.12. The normalized spacial score (nSPS) is 10.2. The molecule has 3 nitrogen and oxygen atoms in total. The number of rotatable bonds is 0. The molecule has 70 valence electrons. The summed E-state index contributed by atoms with van der Waals surface area (Å²) in [6.07, 6.45) is 0. The Hall–Kier alpha value is -1.66. The van der Waals surface area contributed by atoms with Crippen molar-refractivity contribution >= 4 is 0 Å². The maximum absolute atomic E-state index is 12.3. The fourth-order valence-corrected chi connectivity index (χ4v) is 0.546. The maximum Gasteiger partial charge on any atom is 0.377 e. The summed E-state index contributed by atoms with van der Waals surface area (Å²) in [5, 5.41) is 0. The zero-order valence-corrected chi connectivity index (χ0v) is 5.74. The molecule has 0 aliphatic rings. The molecular formula is C6F4O3. The van der Waals surface area contributed by atoms with Crippen molar-refractivity contribution in [3.05, 3.63) is 44.1 Å². The molecule has 13 heavy (non-hydrogen) atoms. The molecule has 0 bridgehead atoms. The summed E-state index contributed by atoms with van der Waals surface area (Å²) in [4.78, 5) is 20.6. The van der Waals surface area contributed by atoms with Gasteiger partial charge in [0.15, 0.2) is 0 Å². The molecule has 0 aromatic carbocycles. The van der Waals surface area contributed by atoms with E-state index in [-0.39, 0.29) is 0 Å². The monoisotopic (exact) mass is 196 g/mol. The zero-order chi connectivity index (χ0) is 10.2. The van der Waals surface area contributed by atoms with Gasteiger partial charge in [-0.15, -0.1) is 0 Å². The highest BCUT2D eigenvalue weighted by molar-refractivity contribution is 5.00. The summed E-state index contributed by atoms with van der Waals surface area (Å²) in [6, 6.07) is -2.25. The second kappa shape index (κ2) is 3.00. The highest BCUT2D eigenvalue weighted by Gasteiger charge is 2.18. The first-order valence-corrected chi connectivity index (χ1v) is 2.82. The van der Waals surface area contributed by atoms with Gasteiger partial charge in [-0.1, -0.05) is 0 Å². The molecular weight excluding hydrogens is 196 g/mol. The lowest BCUT2D eigenvalue weighted by molar-refractivity contribution is 0.284. The fraction of sp³-hybridized carbons (Fsp3) is 0. The van der Waals surface area contributed by atoms with Gasteiger partial charge in [0, 0.05) is 0 Å². The zero-order valence-electron chi connectivity index (χ0n) is 5.74. The first-order chi connectivity index (χ1) is 5.95. The van der Waals surface area contributed by atoms with Crippen molar-refractivity contribution in [1.29, 1.82) is 0 Å². The molecule has 1 aromatic rings. The summed E-state index contributed by atoms with van der Waals surface area (Å²) in [5.41, 5.74) is -4.28. The molecule has 0 N–H and O–H groups in total. The van der Waals surface area contributed by atoms with Gasteiger partial charge in [0.25, 0.3) is 5.43 Å². The summed E-state index contributed by atoms with van der Waals surface area (Å²) in [7, 11) is 0. The predicted molar refractivity (Wildman–Crippen MR) is 31.1 cm³/mol. The van der Waals surface area contributed by atoms with Crippen LogP contribution in [0.1, 0.15) is 0 Å². The molecule has 0 saturated carbocycles. The average Bonchev–Trinajstić information content (AvgIpc) is 2.15. The molecule has 7 heteroatoms. The number of halogens is 4. The molecule has 0 aliphatic carbocycles. The largest absolute Gasteiger partial charge is 0.391 e. The van der Waals surface area contributed by atoms with E-state index in [0.717, 1.165) is 0 Å². The Morgan fingerprint density at radius 3 is 1.92 bits per heavy atom. The van der Waals surface area contributed by atoms with Crippen molar-refractivity contribution in [2.45, 2.75) is 0 Å². The summed E-state index contributed by atoms with van der Waals surface area (Å²) >= 11 is 0. The molecule has 1 aromatic heterocycles. The van der Waals surface area contributed by atoms with Crippen molar-refractivity contribution in [2.24, 2.45) is 0 Å². The SMILES string of the molecule is O=c1oc(F)c(F)c(=O)c(F)c1F. The Bertz CT molecular complexity index is 465. The van der Waals surface area contributed by atoms with Crippen LogP contribution >= 0.6 is 0 Å². The Morgan fingerprint density at radius 1 is 0.846 bits per heavy atom. The molecule has 1 rings (SSSR count). The molecule has 0 saturated heterocycles. The smallest absolute Gasteiger partial charge is 0.377 e. The van der Waals surface area contributed by atoms with Gasteiger partial charge in [-0.2, -0.15) is 17.6 Å². The van der Waals surface area contributed by atoms with Crippen LogP contribution in [0.25, 0.3) is 0 Å². The van der Waals surface area contributed by atoms with Gasteiger partial charge in [0.1, 0.15) is 0 Å². The van der Waals surface area contributed by atoms with Gasteiger partial charge in [-0.05, 0) is 0 Å². The molecule has 0 unspecified atom stereocenters. The van der Waals surface area contributed by atoms with Gasteiger partial charge in [0.05, 0.1) is 0 Å². The molecule has 0 amide bonds. The molecule has 0 aliphatic heterocycles. The van der Waals surface area contributed by atoms with E-state index in [1.54, 1.807) is 0 Å². The highest BCUT2D eigenvalue weighted by Crippen LogP contribution is 1.99. The standard InChI is InChI=1S/C6F4O3/c7-1-2(8)6(12)13-5(10)3(9)4(1)11. The van der Waals surface area contributed by atoms with Gasteiger partial charge in [-0.3, -0.25) is 4.79 Å². The van der Waals surface area contributed by atoms with Gasteiger partial charge in [-0.25, -0.2) is 4.79 Å². The van der Waals surface area contributed by atoms with Crippen LogP contribution in [0.4, 0.5) is 17.6 Å². The van der Waals surface area contributed by atoms with E-state index in [1.807, 2.05) is 0 Å². The van der Waals surface area contributed by atoms with E-state index in [9.17, 15) is 27.2 Å². The molecule has 0 spiro atoms. The van der Waals surface area contributed by atoms with E-state index >= 15 is 0 Å². The third kappa shape index (κ3) is 1.44. The van der Waals surface area contributed by atoms with Crippen molar-refractivity contribution in [3.63, 3.8) is 0 Å².